The molecule has 6 nitrogen and oxygen atoms in total. The third-order valence-corrected chi connectivity index (χ3v) is 4.61. The quantitative estimate of drug-likeness (QED) is 0.182. The Labute approximate surface area is 205 Å². The van der Waals surface area contributed by atoms with Gasteiger partial charge in [-0.15, -0.1) is 0 Å². The molecule has 0 unspecified atom stereocenters. The second kappa shape index (κ2) is 14.4. The third kappa shape index (κ3) is 9.46. The summed E-state index contributed by atoms with van der Waals surface area (Å²) in [5.74, 6) is 5.16. The molecule has 1 saturated heterocycles. The van der Waals surface area contributed by atoms with E-state index in [9.17, 15) is 14.4 Å². The Kier molecular flexibility index (Phi) is 12.7. The number of hydrogen-bond donors (Lipinski definition) is 0. The number of ether oxygens (including phenoxy) is 2. The molecule has 0 saturated carbocycles. The average Bonchev–Trinajstić information content (AvgIpc) is 2.70. The molecule has 1 atom stereocenters. The Morgan fingerprint density at radius 3 is 2.90 bits per heavy atom. The number of halogens is 1. The number of carbonyl (C=O) groups excluding carboxylic acids is 3. The Morgan fingerprint density at radius 1 is 1.37 bits per heavy atom. The van der Waals surface area contributed by atoms with Gasteiger partial charge in [0.2, 0.25) is 5.91 Å². The number of ketones is 1. The Morgan fingerprint density at radius 2 is 2.17 bits per heavy atom. The second-order valence-electron chi connectivity index (χ2n) is 6.54. The summed E-state index contributed by atoms with van der Waals surface area (Å²) in [7, 11) is 1.28. The summed E-state index contributed by atoms with van der Waals surface area (Å²) < 4.78 is 9.52. The van der Waals surface area contributed by atoms with Crippen molar-refractivity contribution in [2.45, 2.75) is 31.7 Å². The number of esters is 1. The normalized spacial score (nSPS) is 15.9. The van der Waals surface area contributed by atoms with Gasteiger partial charge in [-0.1, -0.05) is 41.7 Å². The molecule has 30 heavy (non-hydrogen) atoms. The van der Waals surface area contributed by atoms with E-state index in [1.165, 1.54) is 13.2 Å². The summed E-state index contributed by atoms with van der Waals surface area (Å²) in [6, 6.07) is 7.03. The van der Waals surface area contributed by atoms with Crippen molar-refractivity contribution in [3.8, 4) is 11.8 Å². The fourth-order valence-corrected chi connectivity index (χ4v) is 3.13. The minimum absolute atomic E-state index is 0. The number of benzene rings is 1. The molecule has 2 rings (SSSR count). The standard InChI is InChI=1S/C22H24ClNO5.Na.H/c1-28-22(27)16-29-13-3-2-12-24-19(8-5-9-21(24)26)10-11-20(25)15-17-6-4-7-18(23)14-17;;/h4,6-7,10-11,14,19H,5,8-9,12-13,15-16H2,1H3;;/q;+1;-1/b11-10+;;/t19-;;/m1../s1. The van der Waals surface area contributed by atoms with Crippen molar-refractivity contribution in [1.29, 1.82) is 0 Å². The van der Waals surface area contributed by atoms with Crippen LogP contribution >= 0.6 is 11.6 Å². The summed E-state index contributed by atoms with van der Waals surface area (Å²) in [6.45, 7) is 0.168. The van der Waals surface area contributed by atoms with Crippen LogP contribution in [0, 0.1) is 11.8 Å². The zero-order chi connectivity index (χ0) is 21.1. The van der Waals surface area contributed by atoms with Gasteiger partial charge < -0.3 is 15.8 Å². The fraction of sp³-hybridized carbons (Fsp3) is 0.409. The number of allylic oxidation sites excluding steroid dienone is 1. The van der Waals surface area contributed by atoms with Crippen molar-refractivity contribution < 1.29 is 54.8 Å². The SMILES string of the molecule is COC(=O)COCC#CCN1C(=O)CCC[C@@H]1/C=C/C(=O)Cc1cccc(Cl)c1.[H-].[Na+]. The first kappa shape index (κ1) is 26.4. The number of hydrogen-bond acceptors (Lipinski definition) is 5. The molecule has 0 spiro atoms. The number of piperidine rings is 1. The molecule has 1 amide bonds. The number of rotatable bonds is 8. The molecule has 0 bridgehead atoms. The molecule has 1 heterocycles. The van der Waals surface area contributed by atoms with Crippen LogP contribution in [-0.2, 0) is 30.3 Å². The molecule has 1 aromatic rings. The topological polar surface area (TPSA) is 72.9 Å². The minimum atomic E-state index is -0.467. The van der Waals surface area contributed by atoms with E-state index in [0.29, 0.717) is 11.4 Å². The van der Waals surface area contributed by atoms with Gasteiger partial charge in [-0.25, -0.2) is 4.79 Å². The van der Waals surface area contributed by atoms with Crippen LogP contribution in [0.4, 0.5) is 0 Å². The number of nitrogens with zero attached hydrogens (tertiary/aromatic N) is 1. The van der Waals surface area contributed by atoms with Gasteiger partial charge in [0.25, 0.3) is 0 Å². The zero-order valence-corrected chi connectivity index (χ0v) is 20.1. The first-order chi connectivity index (χ1) is 14.0. The average molecular weight is 442 g/mol. The largest absolute Gasteiger partial charge is 1.00 e. The number of amides is 1. The van der Waals surface area contributed by atoms with Gasteiger partial charge in [0.1, 0.15) is 13.2 Å². The maximum atomic E-state index is 12.3. The van der Waals surface area contributed by atoms with E-state index in [-0.39, 0.29) is 74.9 Å². The van der Waals surface area contributed by atoms with Crippen LogP contribution in [0.5, 0.6) is 0 Å². The Bertz CT molecular complexity index is 837. The van der Waals surface area contributed by atoms with Gasteiger partial charge in [-0.2, -0.15) is 0 Å². The molecule has 0 aliphatic carbocycles. The summed E-state index contributed by atoms with van der Waals surface area (Å²) in [4.78, 5) is 37.1. The van der Waals surface area contributed by atoms with Crippen LogP contribution in [0.3, 0.4) is 0 Å². The molecular formula is C22H25ClNNaO5. The van der Waals surface area contributed by atoms with Crippen molar-refractivity contribution in [1.82, 2.24) is 4.90 Å². The molecule has 1 fully saturated rings. The molecule has 0 radical (unpaired) electrons. The molecule has 0 aromatic heterocycles. The van der Waals surface area contributed by atoms with E-state index >= 15 is 0 Å². The monoisotopic (exact) mass is 441 g/mol. The maximum absolute atomic E-state index is 12.3. The fourth-order valence-electron chi connectivity index (χ4n) is 2.91. The Balaban J connectivity index is 0.00000450. The molecule has 8 heteroatoms. The predicted molar refractivity (Wildman–Crippen MR) is 110 cm³/mol. The number of likely N-dealkylation sites (tertiary alicyclic amines) is 1. The van der Waals surface area contributed by atoms with Crippen molar-refractivity contribution in [2.24, 2.45) is 0 Å². The molecule has 1 aliphatic rings. The van der Waals surface area contributed by atoms with Crippen LogP contribution < -0.4 is 29.6 Å². The van der Waals surface area contributed by atoms with Gasteiger partial charge in [-0.3, -0.25) is 9.59 Å². The third-order valence-electron chi connectivity index (χ3n) is 4.38. The van der Waals surface area contributed by atoms with Crippen molar-refractivity contribution in [2.75, 3.05) is 26.9 Å². The maximum Gasteiger partial charge on any atom is 1.00 e. The number of carbonyl (C=O) groups is 3. The van der Waals surface area contributed by atoms with E-state index in [2.05, 4.69) is 16.6 Å². The molecule has 0 N–H and O–H groups in total. The first-order valence-corrected chi connectivity index (χ1v) is 9.72. The van der Waals surface area contributed by atoms with E-state index in [1.807, 2.05) is 12.1 Å². The summed E-state index contributed by atoms with van der Waals surface area (Å²) in [5.41, 5.74) is 0.849. The minimum Gasteiger partial charge on any atom is -1.00 e. The van der Waals surface area contributed by atoms with Gasteiger partial charge in [0.15, 0.2) is 5.78 Å². The van der Waals surface area contributed by atoms with E-state index < -0.39 is 5.97 Å². The van der Waals surface area contributed by atoms with E-state index in [0.717, 1.165) is 18.4 Å². The van der Waals surface area contributed by atoms with Gasteiger partial charge in [-0.05, 0) is 36.6 Å². The van der Waals surface area contributed by atoms with Crippen LogP contribution in [0.25, 0.3) is 0 Å². The van der Waals surface area contributed by atoms with Crippen LogP contribution in [0.1, 0.15) is 26.3 Å². The van der Waals surface area contributed by atoms with E-state index in [1.54, 1.807) is 23.1 Å². The van der Waals surface area contributed by atoms with Crippen molar-refractivity contribution >= 4 is 29.3 Å². The summed E-state index contributed by atoms with van der Waals surface area (Å²) >= 11 is 5.95. The molecule has 1 aromatic carbocycles. The molecule has 1 aliphatic heterocycles. The summed E-state index contributed by atoms with van der Waals surface area (Å²) in [6.07, 6.45) is 5.61. The summed E-state index contributed by atoms with van der Waals surface area (Å²) in [5, 5.41) is 0.595. The predicted octanol–water partition coefficient (Wildman–Crippen LogP) is -0.302. The smallest absolute Gasteiger partial charge is 1.00 e. The Hall–Kier alpha value is -1.62. The van der Waals surface area contributed by atoms with Crippen LogP contribution in [-0.4, -0.2) is 55.5 Å². The van der Waals surface area contributed by atoms with Gasteiger partial charge in [0, 0.05) is 17.9 Å². The second-order valence-corrected chi connectivity index (χ2v) is 6.97. The molecule has 156 valence electrons. The van der Waals surface area contributed by atoms with Crippen LogP contribution in [0.2, 0.25) is 5.02 Å². The first-order valence-electron chi connectivity index (χ1n) is 9.35. The van der Waals surface area contributed by atoms with Crippen molar-refractivity contribution in [3.63, 3.8) is 0 Å². The van der Waals surface area contributed by atoms with Crippen molar-refractivity contribution in [3.05, 3.63) is 47.0 Å². The van der Waals surface area contributed by atoms with Crippen LogP contribution in [0.15, 0.2) is 36.4 Å². The number of methoxy groups -OCH3 is 1. The van der Waals surface area contributed by atoms with Gasteiger partial charge in [0.05, 0.1) is 19.7 Å². The van der Waals surface area contributed by atoms with E-state index in [4.69, 9.17) is 16.3 Å². The molecular weight excluding hydrogens is 417 g/mol. The zero-order valence-electron chi connectivity index (χ0n) is 18.4. The van der Waals surface area contributed by atoms with Gasteiger partial charge >= 0.3 is 35.5 Å².